The third-order valence-corrected chi connectivity index (χ3v) is 5.20. The van der Waals surface area contributed by atoms with Crippen LogP contribution in [0, 0.1) is 0 Å². The van der Waals surface area contributed by atoms with E-state index in [0.717, 1.165) is 22.2 Å². The van der Waals surface area contributed by atoms with E-state index in [1.165, 1.54) is 18.3 Å². The molecule has 0 saturated carbocycles. The first-order chi connectivity index (χ1) is 11.5. The Morgan fingerprint density at radius 2 is 2.04 bits per heavy atom. The number of halogens is 1. The summed E-state index contributed by atoms with van der Waals surface area (Å²) < 4.78 is 27.2. The van der Waals surface area contributed by atoms with Crippen molar-refractivity contribution in [1.29, 1.82) is 0 Å². The van der Waals surface area contributed by atoms with Gasteiger partial charge in [-0.25, -0.2) is 9.82 Å². The standard InChI is InChI=1S/C16H15BrN4O2S/c1-2-15-14(19-16-10-12(17)8-9-21(15)16)11-18-20-24(22,23)13-6-4-3-5-7-13/h3-11,20H,2H2,1H3. The molecular formula is C16H15BrN4O2S. The Morgan fingerprint density at radius 1 is 1.29 bits per heavy atom. The molecule has 1 aromatic carbocycles. The minimum atomic E-state index is -3.68. The van der Waals surface area contributed by atoms with Gasteiger partial charge in [0.05, 0.1) is 16.8 Å². The summed E-state index contributed by atoms with van der Waals surface area (Å²) in [7, 11) is -3.68. The number of pyridine rings is 1. The highest BCUT2D eigenvalue weighted by Gasteiger charge is 2.12. The molecule has 2 heterocycles. The minimum absolute atomic E-state index is 0.164. The summed E-state index contributed by atoms with van der Waals surface area (Å²) in [5, 5.41) is 3.87. The summed E-state index contributed by atoms with van der Waals surface area (Å²) in [5.41, 5.74) is 2.36. The first-order valence-corrected chi connectivity index (χ1v) is 9.55. The molecule has 3 aromatic rings. The molecule has 1 N–H and O–H groups in total. The molecule has 0 bridgehead atoms. The zero-order valence-corrected chi connectivity index (χ0v) is 15.3. The lowest BCUT2D eigenvalue weighted by Crippen LogP contribution is -2.18. The number of aryl methyl sites for hydroxylation is 1. The zero-order chi connectivity index (χ0) is 17.2. The van der Waals surface area contributed by atoms with E-state index in [-0.39, 0.29) is 4.90 Å². The first kappa shape index (κ1) is 16.7. The SMILES string of the molecule is CCc1c(C=NNS(=O)(=O)c2ccccc2)nc2cc(Br)ccn12. The Balaban J connectivity index is 1.88. The van der Waals surface area contributed by atoms with E-state index in [1.54, 1.807) is 18.2 Å². The quantitative estimate of drug-likeness (QED) is 0.522. The zero-order valence-electron chi connectivity index (χ0n) is 12.8. The summed E-state index contributed by atoms with van der Waals surface area (Å²) in [4.78, 5) is 6.86. The van der Waals surface area contributed by atoms with E-state index in [0.29, 0.717) is 5.69 Å². The van der Waals surface area contributed by atoms with Gasteiger partial charge in [-0.1, -0.05) is 41.1 Å². The van der Waals surface area contributed by atoms with Crippen molar-refractivity contribution in [1.82, 2.24) is 14.2 Å². The molecule has 3 rings (SSSR count). The molecule has 0 aliphatic rings. The van der Waals surface area contributed by atoms with E-state index in [9.17, 15) is 8.42 Å². The summed E-state index contributed by atoms with van der Waals surface area (Å²) >= 11 is 3.41. The summed E-state index contributed by atoms with van der Waals surface area (Å²) in [6.07, 6.45) is 4.09. The minimum Gasteiger partial charge on any atom is -0.303 e. The average Bonchev–Trinajstić information content (AvgIpc) is 2.91. The van der Waals surface area contributed by atoms with Crippen molar-refractivity contribution in [3.8, 4) is 0 Å². The third-order valence-electron chi connectivity index (χ3n) is 3.47. The van der Waals surface area contributed by atoms with Crippen molar-refractivity contribution in [3.63, 3.8) is 0 Å². The molecule has 6 nitrogen and oxygen atoms in total. The molecule has 0 fully saturated rings. The number of nitrogens with one attached hydrogen (secondary N) is 1. The van der Waals surface area contributed by atoms with Crippen LogP contribution in [0.15, 0.2) is 63.1 Å². The van der Waals surface area contributed by atoms with Crippen LogP contribution in [0.4, 0.5) is 0 Å². The van der Waals surface area contributed by atoms with Gasteiger partial charge in [-0.2, -0.15) is 13.5 Å². The highest BCUT2D eigenvalue weighted by molar-refractivity contribution is 9.10. The fraction of sp³-hybridized carbons (Fsp3) is 0.125. The van der Waals surface area contributed by atoms with E-state index in [2.05, 4.69) is 30.8 Å². The molecule has 0 saturated heterocycles. The normalized spacial score (nSPS) is 12.1. The van der Waals surface area contributed by atoms with Crippen molar-refractivity contribution in [2.24, 2.45) is 5.10 Å². The van der Waals surface area contributed by atoms with Crippen LogP contribution in [0.2, 0.25) is 0 Å². The lowest BCUT2D eigenvalue weighted by atomic mass is 10.3. The largest absolute Gasteiger partial charge is 0.303 e. The maximum absolute atomic E-state index is 12.1. The van der Waals surface area contributed by atoms with Gasteiger partial charge in [-0.3, -0.25) is 0 Å². The Labute approximate surface area is 148 Å². The molecule has 0 aliphatic heterocycles. The predicted octanol–water partition coefficient (Wildman–Crippen LogP) is 2.97. The summed E-state index contributed by atoms with van der Waals surface area (Å²) in [6, 6.07) is 11.9. The van der Waals surface area contributed by atoms with Gasteiger partial charge in [0.15, 0.2) is 0 Å². The number of nitrogens with zero attached hydrogens (tertiary/aromatic N) is 3. The number of fused-ring (bicyclic) bond motifs is 1. The van der Waals surface area contributed by atoms with Gasteiger partial charge in [0, 0.05) is 10.7 Å². The number of hydrazone groups is 1. The molecule has 0 aliphatic carbocycles. The molecule has 0 atom stereocenters. The van der Waals surface area contributed by atoms with Gasteiger partial charge in [-0.05, 0) is 30.7 Å². The summed E-state index contributed by atoms with van der Waals surface area (Å²) in [5.74, 6) is 0. The van der Waals surface area contributed by atoms with Crippen molar-refractivity contribution in [2.45, 2.75) is 18.2 Å². The van der Waals surface area contributed by atoms with Gasteiger partial charge in [0.1, 0.15) is 11.3 Å². The number of benzene rings is 1. The second-order valence-electron chi connectivity index (χ2n) is 5.04. The van der Waals surface area contributed by atoms with Gasteiger partial charge < -0.3 is 4.40 Å². The Hall–Kier alpha value is -2.19. The van der Waals surface area contributed by atoms with Crippen LogP contribution in [0.5, 0.6) is 0 Å². The fourth-order valence-electron chi connectivity index (χ4n) is 2.35. The van der Waals surface area contributed by atoms with Gasteiger partial charge in [0.2, 0.25) is 0 Å². The number of hydrogen-bond acceptors (Lipinski definition) is 4. The molecule has 0 radical (unpaired) electrons. The van der Waals surface area contributed by atoms with Crippen LogP contribution >= 0.6 is 15.9 Å². The number of imidazole rings is 1. The van der Waals surface area contributed by atoms with Gasteiger partial charge >= 0.3 is 0 Å². The topological polar surface area (TPSA) is 75.8 Å². The van der Waals surface area contributed by atoms with Crippen LogP contribution < -0.4 is 4.83 Å². The van der Waals surface area contributed by atoms with E-state index >= 15 is 0 Å². The molecule has 24 heavy (non-hydrogen) atoms. The highest BCUT2D eigenvalue weighted by atomic mass is 79.9. The van der Waals surface area contributed by atoms with Crippen LogP contribution in [-0.4, -0.2) is 24.0 Å². The molecule has 124 valence electrons. The third kappa shape index (κ3) is 3.34. The molecule has 8 heteroatoms. The van der Waals surface area contributed by atoms with E-state index in [1.807, 2.05) is 29.7 Å². The lowest BCUT2D eigenvalue weighted by Gasteiger charge is -2.02. The molecule has 0 unspecified atom stereocenters. The van der Waals surface area contributed by atoms with Crippen LogP contribution in [-0.2, 0) is 16.4 Å². The number of hydrogen-bond donors (Lipinski definition) is 1. The van der Waals surface area contributed by atoms with Gasteiger partial charge in [0.25, 0.3) is 10.0 Å². The molecule has 0 spiro atoms. The van der Waals surface area contributed by atoms with Crippen LogP contribution in [0.25, 0.3) is 5.65 Å². The Bertz CT molecular complexity index is 998. The Kier molecular flexibility index (Phi) is 4.68. The smallest absolute Gasteiger partial charge is 0.276 e. The molecule has 2 aromatic heterocycles. The predicted molar refractivity (Wildman–Crippen MR) is 96.6 cm³/mol. The first-order valence-electron chi connectivity index (χ1n) is 7.27. The average molecular weight is 407 g/mol. The van der Waals surface area contributed by atoms with Crippen LogP contribution in [0.1, 0.15) is 18.3 Å². The maximum atomic E-state index is 12.1. The second kappa shape index (κ2) is 6.74. The fourth-order valence-corrected chi connectivity index (χ4v) is 3.49. The van der Waals surface area contributed by atoms with E-state index in [4.69, 9.17) is 0 Å². The Morgan fingerprint density at radius 3 is 2.75 bits per heavy atom. The number of aromatic nitrogens is 2. The molecule has 0 amide bonds. The van der Waals surface area contributed by atoms with Crippen molar-refractivity contribution >= 4 is 37.8 Å². The summed E-state index contributed by atoms with van der Waals surface area (Å²) in [6.45, 7) is 2.01. The van der Waals surface area contributed by atoms with Gasteiger partial charge in [-0.15, -0.1) is 0 Å². The van der Waals surface area contributed by atoms with Crippen molar-refractivity contribution < 1.29 is 8.42 Å². The lowest BCUT2D eigenvalue weighted by molar-refractivity contribution is 0.584. The van der Waals surface area contributed by atoms with E-state index < -0.39 is 10.0 Å². The maximum Gasteiger partial charge on any atom is 0.276 e. The number of rotatable bonds is 5. The van der Waals surface area contributed by atoms with Crippen LogP contribution in [0.3, 0.4) is 0 Å². The highest BCUT2D eigenvalue weighted by Crippen LogP contribution is 2.17. The number of sulfonamides is 1. The van der Waals surface area contributed by atoms with Crippen molar-refractivity contribution in [3.05, 3.63) is 64.5 Å². The molecular weight excluding hydrogens is 392 g/mol. The van der Waals surface area contributed by atoms with Crippen molar-refractivity contribution in [2.75, 3.05) is 0 Å². The monoisotopic (exact) mass is 406 g/mol. The second-order valence-corrected chi connectivity index (χ2v) is 7.61.